The van der Waals surface area contributed by atoms with E-state index in [1.54, 1.807) is 7.11 Å². The number of ether oxygens (including phenoxy) is 1. The van der Waals surface area contributed by atoms with Gasteiger partial charge >= 0.3 is 0 Å². The van der Waals surface area contributed by atoms with E-state index in [1.807, 2.05) is 24.3 Å². The van der Waals surface area contributed by atoms with Gasteiger partial charge in [-0.15, -0.1) is 0 Å². The SMILES string of the molecule is COCCNC(=O)[C@@H]1C[C@@H](NCc2cc(C)ccc2C)CN1Cc1ccc(Cl)cc1. The van der Waals surface area contributed by atoms with Crippen molar-refractivity contribution in [2.45, 2.75) is 45.4 Å². The minimum atomic E-state index is -0.159. The van der Waals surface area contributed by atoms with Crippen molar-refractivity contribution in [2.75, 3.05) is 26.8 Å². The number of hydrogen-bond acceptors (Lipinski definition) is 4. The van der Waals surface area contributed by atoms with Crippen molar-refractivity contribution in [1.82, 2.24) is 15.5 Å². The average Bonchev–Trinajstić information content (AvgIpc) is 3.13. The minimum Gasteiger partial charge on any atom is -0.383 e. The Morgan fingerprint density at radius 1 is 1.20 bits per heavy atom. The summed E-state index contributed by atoms with van der Waals surface area (Å²) in [4.78, 5) is 15.1. The number of amides is 1. The molecule has 0 saturated carbocycles. The van der Waals surface area contributed by atoms with Crippen LogP contribution in [0.5, 0.6) is 0 Å². The number of methoxy groups -OCH3 is 1. The van der Waals surface area contributed by atoms with Crippen molar-refractivity contribution in [1.29, 1.82) is 0 Å². The summed E-state index contributed by atoms with van der Waals surface area (Å²) in [6.07, 6.45) is 0.789. The standard InChI is InChI=1S/C24H32ClN3O2/c1-17-4-5-18(2)20(12-17)14-27-22-13-23(24(29)26-10-11-30-3)28(16-22)15-19-6-8-21(25)9-7-19/h4-9,12,22-23,27H,10-11,13-16H2,1-3H3,(H,26,29)/t22-,23+/m1/s1. The fourth-order valence-corrected chi connectivity index (χ4v) is 4.09. The van der Waals surface area contributed by atoms with Crippen molar-refractivity contribution in [3.8, 4) is 0 Å². The smallest absolute Gasteiger partial charge is 0.237 e. The van der Waals surface area contributed by atoms with Crippen molar-refractivity contribution in [3.63, 3.8) is 0 Å². The van der Waals surface area contributed by atoms with Crippen molar-refractivity contribution < 1.29 is 9.53 Å². The van der Waals surface area contributed by atoms with Crippen LogP contribution in [0.3, 0.4) is 0 Å². The van der Waals surface area contributed by atoms with E-state index in [1.165, 1.54) is 16.7 Å². The Bertz CT molecular complexity index is 841. The van der Waals surface area contributed by atoms with Gasteiger partial charge in [0.1, 0.15) is 0 Å². The van der Waals surface area contributed by atoms with Gasteiger partial charge in [-0.05, 0) is 49.1 Å². The highest BCUT2D eigenvalue weighted by atomic mass is 35.5. The first kappa shape index (κ1) is 22.8. The van der Waals surface area contributed by atoms with Gasteiger partial charge in [0.2, 0.25) is 5.91 Å². The summed E-state index contributed by atoms with van der Waals surface area (Å²) in [6, 6.07) is 14.5. The lowest BCUT2D eigenvalue weighted by atomic mass is 10.0. The summed E-state index contributed by atoms with van der Waals surface area (Å²) in [6.45, 7) is 7.67. The normalized spacial score (nSPS) is 19.2. The zero-order valence-corrected chi connectivity index (χ0v) is 18.8. The van der Waals surface area contributed by atoms with Crippen LogP contribution in [0.4, 0.5) is 0 Å². The number of nitrogens with one attached hydrogen (secondary N) is 2. The van der Waals surface area contributed by atoms with Gasteiger partial charge in [0, 0.05) is 44.4 Å². The zero-order chi connectivity index (χ0) is 21.5. The summed E-state index contributed by atoms with van der Waals surface area (Å²) in [7, 11) is 1.64. The predicted octanol–water partition coefficient (Wildman–Crippen LogP) is 3.45. The third-order valence-electron chi connectivity index (χ3n) is 5.70. The molecule has 1 heterocycles. The molecule has 1 amide bonds. The summed E-state index contributed by atoms with van der Waals surface area (Å²) in [5.41, 5.74) is 5.03. The fourth-order valence-electron chi connectivity index (χ4n) is 3.96. The molecule has 30 heavy (non-hydrogen) atoms. The van der Waals surface area contributed by atoms with Crippen molar-refractivity contribution in [2.24, 2.45) is 0 Å². The zero-order valence-electron chi connectivity index (χ0n) is 18.1. The monoisotopic (exact) mass is 429 g/mol. The van der Waals surface area contributed by atoms with E-state index < -0.39 is 0 Å². The Hall–Kier alpha value is -1.92. The molecule has 0 bridgehead atoms. The molecule has 0 radical (unpaired) electrons. The van der Waals surface area contributed by atoms with Gasteiger partial charge in [-0.2, -0.15) is 0 Å². The summed E-state index contributed by atoms with van der Waals surface area (Å²) >= 11 is 6.03. The first-order chi connectivity index (χ1) is 14.5. The molecule has 2 aromatic rings. The average molecular weight is 430 g/mol. The van der Waals surface area contributed by atoms with E-state index in [0.717, 1.165) is 36.6 Å². The molecule has 2 aromatic carbocycles. The third kappa shape index (κ3) is 6.29. The highest BCUT2D eigenvalue weighted by Gasteiger charge is 2.36. The number of benzene rings is 2. The van der Waals surface area contributed by atoms with Gasteiger partial charge in [-0.1, -0.05) is 47.5 Å². The summed E-state index contributed by atoms with van der Waals surface area (Å²) in [5.74, 6) is 0.0667. The molecule has 1 aliphatic heterocycles. The molecule has 0 aliphatic carbocycles. The molecule has 2 atom stereocenters. The Labute approximate surface area is 184 Å². The van der Waals surface area contributed by atoms with Gasteiger partial charge in [0.15, 0.2) is 0 Å². The maximum atomic E-state index is 12.8. The maximum Gasteiger partial charge on any atom is 0.237 e. The highest BCUT2D eigenvalue weighted by Crippen LogP contribution is 2.22. The minimum absolute atomic E-state index is 0.0667. The topological polar surface area (TPSA) is 53.6 Å². The predicted molar refractivity (Wildman–Crippen MR) is 122 cm³/mol. The lowest BCUT2D eigenvalue weighted by Crippen LogP contribution is -2.43. The van der Waals surface area contributed by atoms with Crippen LogP contribution in [0.15, 0.2) is 42.5 Å². The number of nitrogens with zero attached hydrogens (tertiary/aromatic N) is 1. The molecule has 1 saturated heterocycles. The van der Waals surface area contributed by atoms with E-state index in [9.17, 15) is 4.79 Å². The largest absolute Gasteiger partial charge is 0.383 e. The second-order valence-corrected chi connectivity index (χ2v) is 8.54. The van der Waals surface area contributed by atoms with Gasteiger partial charge in [0.25, 0.3) is 0 Å². The molecule has 5 nitrogen and oxygen atoms in total. The molecule has 1 fully saturated rings. The van der Waals surface area contributed by atoms with E-state index in [2.05, 4.69) is 47.6 Å². The molecule has 6 heteroatoms. The summed E-state index contributed by atoms with van der Waals surface area (Å²) < 4.78 is 5.06. The van der Waals surface area contributed by atoms with Crippen LogP contribution < -0.4 is 10.6 Å². The van der Waals surface area contributed by atoms with E-state index in [-0.39, 0.29) is 18.0 Å². The lowest BCUT2D eigenvalue weighted by molar-refractivity contribution is -0.125. The lowest BCUT2D eigenvalue weighted by Gasteiger charge is -2.23. The van der Waals surface area contributed by atoms with Crippen LogP contribution >= 0.6 is 11.6 Å². The van der Waals surface area contributed by atoms with E-state index in [0.29, 0.717) is 13.2 Å². The van der Waals surface area contributed by atoms with Crippen LogP contribution in [0.1, 0.15) is 28.7 Å². The highest BCUT2D eigenvalue weighted by molar-refractivity contribution is 6.30. The molecule has 1 aliphatic rings. The number of carbonyl (C=O) groups is 1. The number of carbonyl (C=O) groups excluding carboxylic acids is 1. The number of aryl methyl sites for hydroxylation is 2. The van der Waals surface area contributed by atoms with Crippen molar-refractivity contribution in [3.05, 3.63) is 69.7 Å². The van der Waals surface area contributed by atoms with Gasteiger partial charge in [-0.25, -0.2) is 0 Å². The van der Waals surface area contributed by atoms with Gasteiger partial charge in [0.05, 0.1) is 12.6 Å². The first-order valence-electron chi connectivity index (χ1n) is 10.5. The quantitative estimate of drug-likeness (QED) is 0.599. The van der Waals surface area contributed by atoms with Gasteiger partial charge < -0.3 is 15.4 Å². The molecule has 0 spiro atoms. The third-order valence-corrected chi connectivity index (χ3v) is 5.95. The molecule has 2 N–H and O–H groups in total. The number of hydrogen-bond donors (Lipinski definition) is 2. The van der Waals surface area contributed by atoms with Crippen LogP contribution in [0, 0.1) is 13.8 Å². The van der Waals surface area contributed by atoms with Crippen molar-refractivity contribution >= 4 is 17.5 Å². The fraction of sp³-hybridized carbons (Fsp3) is 0.458. The number of likely N-dealkylation sites (tertiary alicyclic amines) is 1. The Kier molecular flexibility index (Phi) is 8.28. The van der Waals surface area contributed by atoms with Crippen LogP contribution in [0.25, 0.3) is 0 Å². The maximum absolute atomic E-state index is 12.8. The Morgan fingerprint density at radius 2 is 1.97 bits per heavy atom. The second kappa shape index (κ2) is 10.9. The van der Waals surface area contributed by atoms with Gasteiger partial charge in [-0.3, -0.25) is 9.69 Å². The van der Waals surface area contributed by atoms with E-state index in [4.69, 9.17) is 16.3 Å². The van der Waals surface area contributed by atoms with Crippen LogP contribution in [-0.4, -0.2) is 49.7 Å². The number of rotatable bonds is 9. The first-order valence-corrected chi connectivity index (χ1v) is 10.9. The molecule has 0 aromatic heterocycles. The molecular weight excluding hydrogens is 398 g/mol. The molecule has 3 rings (SSSR count). The molecule has 162 valence electrons. The Morgan fingerprint density at radius 3 is 2.70 bits per heavy atom. The Balaban J connectivity index is 1.66. The van der Waals surface area contributed by atoms with E-state index >= 15 is 0 Å². The number of halogens is 1. The second-order valence-electron chi connectivity index (χ2n) is 8.10. The summed E-state index contributed by atoms with van der Waals surface area (Å²) in [5, 5.41) is 7.41. The van der Waals surface area contributed by atoms with Crippen LogP contribution in [0.2, 0.25) is 5.02 Å². The molecule has 0 unspecified atom stereocenters. The molecular formula is C24H32ClN3O2. The van der Waals surface area contributed by atoms with Crippen LogP contribution in [-0.2, 0) is 22.6 Å².